The molecule has 0 amide bonds. The third kappa shape index (κ3) is 6.70. The van der Waals surface area contributed by atoms with Crippen molar-refractivity contribution in [3.8, 4) is 0 Å². The van der Waals surface area contributed by atoms with E-state index in [-0.39, 0.29) is 11.3 Å². The summed E-state index contributed by atoms with van der Waals surface area (Å²) in [6, 6.07) is 0. The van der Waals surface area contributed by atoms with Crippen molar-refractivity contribution >= 4 is 5.78 Å². The van der Waals surface area contributed by atoms with Crippen LogP contribution in [0, 0.1) is 17.3 Å². The van der Waals surface area contributed by atoms with E-state index in [0.717, 1.165) is 12.8 Å². The Morgan fingerprint density at radius 3 is 2.07 bits per heavy atom. The molecule has 0 fully saturated rings. The van der Waals surface area contributed by atoms with Gasteiger partial charge in [-0.25, -0.2) is 0 Å². The van der Waals surface area contributed by atoms with E-state index in [1.807, 2.05) is 0 Å². The van der Waals surface area contributed by atoms with Crippen molar-refractivity contribution in [3.63, 3.8) is 0 Å². The molecule has 0 heterocycles. The molecule has 0 aliphatic rings. The molecule has 0 aromatic carbocycles. The van der Waals surface area contributed by atoms with Crippen LogP contribution in [0.3, 0.4) is 0 Å². The van der Waals surface area contributed by atoms with Crippen LogP contribution < -0.4 is 0 Å². The lowest BCUT2D eigenvalue weighted by Gasteiger charge is -2.24. The number of carbonyl (C=O) groups is 1. The molecule has 0 aliphatic heterocycles. The van der Waals surface area contributed by atoms with Crippen LogP contribution >= 0.6 is 0 Å². The Balaban J connectivity index is 4.29. The maximum atomic E-state index is 12.1. The smallest absolute Gasteiger partial charge is 0.136 e. The highest BCUT2D eigenvalue weighted by molar-refractivity contribution is 5.81. The van der Waals surface area contributed by atoms with Crippen molar-refractivity contribution in [1.82, 2.24) is 0 Å². The zero-order chi connectivity index (χ0) is 12.1. The second-order valence-corrected chi connectivity index (χ2v) is 6.20. The second-order valence-electron chi connectivity index (χ2n) is 6.20. The number of carbonyl (C=O) groups excluding carboxylic acids is 1. The molecule has 1 atom stereocenters. The van der Waals surface area contributed by atoms with Gasteiger partial charge < -0.3 is 0 Å². The highest BCUT2D eigenvalue weighted by atomic mass is 16.1. The van der Waals surface area contributed by atoms with Crippen LogP contribution in [-0.4, -0.2) is 5.78 Å². The first-order chi connectivity index (χ1) is 6.78. The van der Waals surface area contributed by atoms with Gasteiger partial charge in [0.05, 0.1) is 0 Å². The number of rotatable bonds is 6. The van der Waals surface area contributed by atoms with E-state index in [4.69, 9.17) is 0 Å². The van der Waals surface area contributed by atoms with E-state index in [2.05, 4.69) is 41.5 Å². The molecule has 0 saturated carbocycles. The van der Waals surface area contributed by atoms with E-state index in [0.29, 0.717) is 11.7 Å². The van der Waals surface area contributed by atoms with Crippen molar-refractivity contribution in [2.75, 3.05) is 0 Å². The van der Waals surface area contributed by atoms with Gasteiger partial charge in [-0.3, -0.25) is 4.79 Å². The molecule has 0 saturated heterocycles. The van der Waals surface area contributed by atoms with Gasteiger partial charge in [-0.15, -0.1) is 0 Å². The molecule has 0 aromatic rings. The summed E-state index contributed by atoms with van der Waals surface area (Å²) in [5.41, 5.74) is 0.135. The summed E-state index contributed by atoms with van der Waals surface area (Å²) in [7, 11) is 0. The minimum atomic E-state index is 0.135. The lowest BCUT2D eigenvalue weighted by molar-refractivity contribution is -0.126. The van der Waals surface area contributed by atoms with Gasteiger partial charge in [0.2, 0.25) is 0 Å². The van der Waals surface area contributed by atoms with E-state index >= 15 is 0 Å². The molecule has 0 rings (SSSR count). The highest BCUT2D eigenvalue weighted by Crippen LogP contribution is 2.27. The van der Waals surface area contributed by atoms with Gasteiger partial charge in [-0.2, -0.15) is 0 Å². The van der Waals surface area contributed by atoms with Gasteiger partial charge in [-0.05, 0) is 17.8 Å². The molecule has 0 spiro atoms. The molecule has 0 aliphatic carbocycles. The maximum Gasteiger partial charge on any atom is 0.136 e. The van der Waals surface area contributed by atoms with Crippen LogP contribution in [0.4, 0.5) is 0 Å². The van der Waals surface area contributed by atoms with Crippen LogP contribution in [0.15, 0.2) is 0 Å². The Morgan fingerprint density at radius 2 is 1.73 bits per heavy atom. The lowest BCUT2D eigenvalue weighted by atomic mass is 9.79. The van der Waals surface area contributed by atoms with Gasteiger partial charge in [-0.1, -0.05) is 54.4 Å². The lowest BCUT2D eigenvalue weighted by Crippen LogP contribution is -2.24. The Hall–Kier alpha value is -0.330. The van der Waals surface area contributed by atoms with Crippen LogP contribution in [0.5, 0.6) is 0 Å². The quantitative estimate of drug-likeness (QED) is 0.635. The maximum absolute atomic E-state index is 12.1. The molecule has 1 nitrogen and oxygen atoms in total. The van der Waals surface area contributed by atoms with Crippen LogP contribution in [0.25, 0.3) is 0 Å². The second kappa shape index (κ2) is 6.30. The van der Waals surface area contributed by atoms with Crippen molar-refractivity contribution < 1.29 is 4.79 Å². The summed E-state index contributed by atoms with van der Waals surface area (Å²) >= 11 is 0. The first-order valence-corrected chi connectivity index (χ1v) is 6.30. The predicted octanol–water partition coefficient (Wildman–Crippen LogP) is 4.45. The van der Waals surface area contributed by atoms with Crippen LogP contribution in [0.2, 0.25) is 0 Å². The normalized spacial score (nSPS) is 14.3. The molecule has 0 radical (unpaired) electrons. The van der Waals surface area contributed by atoms with Crippen LogP contribution in [0.1, 0.15) is 67.2 Å². The minimum Gasteiger partial charge on any atom is -0.299 e. The predicted molar refractivity (Wildman–Crippen MR) is 66.9 cm³/mol. The average molecular weight is 212 g/mol. The summed E-state index contributed by atoms with van der Waals surface area (Å²) in [5.74, 6) is 1.24. The molecule has 15 heavy (non-hydrogen) atoms. The van der Waals surface area contributed by atoms with Gasteiger partial charge in [0.1, 0.15) is 5.78 Å². The molecular formula is C14H28O. The van der Waals surface area contributed by atoms with Crippen molar-refractivity contribution in [1.29, 1.82) is 0 Å². The molecule has 0 bridgehead atoms. The summed E-state index contributed by atoms with van der Waals surface area (Å²) in [5, 5.41) is 0. The van der Waals surface area contributed by atoms with Crippen molar-refractivity contribution in [2.45, 2.75) is 67.2 Å². The number of hydrogen-bond acceptors (Lipinski definition) is 1. The number of Topliss-reactive ketones (excluding diaryl/α,β-unsaturated/α-hetero) is 1. The zero-order valence-corrected chi connectivity index (χ0v) is 11.4. The Bertz CT molecular complexity index is 186. The molecule has 1 heteroatoms. The van der Waals surface area contributed by atoms with Gasteiger partial charge >= 0.3 is 0 Å². The standard InChI is InChI=1S/C14H28O/c1-7-8-9-12(11(2)3)13(15)10-14(4,5)6/h11-12H,7-10H2,1-6H3. The van der Waals surface area contributed by atoms with Gasteiger partial charge in [0.15, 0.2) is 0 Å². The first kappa shape index (κ1) is 14.7. The number of unbranched alkanes of at least 4 members (excludes halogenated alkanes) is 1. The number of hydrogen-bond donors (Lipinski definition) is 0. The summed E-state index contributed by atoms with van der Waals surface area (Å²) in [6.07, 6.45) is 4.16. The largest absolute Gasteiger partial charge is 0.299 e. The highest BCUT2D eigenvalue weighted by Gasteiger charge is 2.25. The monoisotopic (exact) mass is 212 g/mol. The molecular weight excluding hydrogens is 184 g/mol. The topological polar surface area (TPSA) is 17.1 Å². The van der Waals surface area contributed by atoms with Gasteiger partial charge in [0, 0.05) is 12.3 Å². The molecule has 0 aromatic heterocycles. The summed E-state index contributed by atoms with van der Waals surface area (Å²) in [4.78, 5) is 12.1. The fraction of sp³-hybridized carbons (Fsp3) is 0.929. The number of ketones is 1. The van der Waals surface area contributed by atoms with E-state index in [1.165, 1.54) is 12.8 Å². The van der Waals surface area contributed by atoms with E-state index in [1.54, 1.807) is 0 Å². The summed E-state index contributed by atoms with van der Waals surface area (Å²) in [6.45, 7) is 12.9. The Kier molecular flexibility index (Phi) is 6.16. The Labute approximate surface area is 95.6 Å². The van der Waals surface area contributed by atoms with E-state index in [9.17, 15) is 4.79 Å². The third-order valence-electron chi connectivity index (χ3n) is 2.79. The zero-order valence-electron chi connectivity index (χ0n) is 11.4. The molecule has 90 valence electrons. The molecule has 0 N–H and O–H groups in total. The third-order valence-corrected chi connectivity index (χ3v) is 2.79. The average Bonchev–Trinajstić information content (AvgIpc) is 2.00. The first-order valence-electron chi connectivity index (χ1n) is 6.30. The fourth-order valence-corrected chi connectivity index (χ4v) is 1.94. The fourth-order valence-electron chi connectivity index (χ4n) is 1.94. The van der Waals surface area contributed by atoms with E-state index < -0.39 is 0 Å². The summed E-state index contributed by atoms with van der Waals surface area (Å²) < 4.78 is 0. The Morgan fingerprint density at radius 1 is 1.20 bits per heavy atom. The van der Waals surface area contributed by atoms with Gasteiger partial charge in [0.25, 0.3) is 0 Å². The van der Waals surface area contributed by atoms with Crippen molar-refractivity contribution in [2.24, 2.45) is 17.3 Å². The molecule has 1 unspecified atom stereocenters. The minimum absolute atomic E-state index is 0.135. The van der Waals surface area contributed by atoms with Crippen molar-refractivity contribution in [3.05, 3.63) is 0 Å². The SMILES string of the molecule is CCCCC(C(=O)CC(C)(C)C)C(C)C. The van der Waals surface area contributed by atoms with Crippen LogP contribution in [-0.2, 0) is 4.79 Å².